The van der Waals surface area contributed by atoms with E-state index < -0.39 is 0 Å². The summed E-state index contributed by atoms with van der Waals surface area (Å²) in [6.07, 6.45) is 9.15. The van der Waals surface area contributed by atoms with Gasteiger partial charge in [0.15, 0.2) is 5.78 Å². The molecule has 0 bridgehead atoms. The predicted molar refractivity (Wildman–Crippen MR) is 85.3 cm³/mol. The fourth-order valence-corrected chi connectivity index (χ4v) is 3.83. The molecule has 2 fully saturated rings. The van der Waals surface area contributed by atoms with Gasteiger partial charge in [0.05, 0.1) is 6.61 Å². The summed E-state index contributed by atoms with van der Waals surface area (Å²) in [7, 11) is 0. The first-order valence-electron chi connectivity index (χ1n) is 8.26. The highest BCUT2D eigenvalue weighted by Gasteiger charge is 2.36. The van der Waals surface area contributed by atoms with Crippen LogP contribution in [0.1, 0.15) is 51.0 Å². The number of carbonyl (C=O) groups excluding carboxylic acids is 1. The molecular formula is C19H24O2. The maximum absolute atomic E-state index is 12.7. The molecule has 0 radical (unpaired) electrons. The lowest BCUT2D eigenvalue weighted by atomic mass is 9.88. The first-order valence-corrected chi connectivity index (χ1v) is 8.26. The Balaban J connectivity index is 1.79. The number of benzene rings is 1. The molecule has 3 rings (SSSR count). The van der Waals surface area contributed by atoms with E-state index >= 15 is 0 Å². The van der Waals surface area contributed by atoms with Gasteiger partial charge in [-0.15, -0.1) is 0 Å². The topological polar surface area (TPSA) is 26.3 Å². The van der Waals surface area contributed by atoms with Crippen LogP contribution >= 0.6 is 0 Å². The van der Waals surface area contributed by atoms with E-state index in [2.05, 4.69) is 6.08 Å². The van der Waals surface area contributed by atoms with Crippen molar-refractivity contribution in [3.05, 3.63) is 35.4 Å². The maximum atomic E-state index is 12.7. The normalized spacial score (nSPS) is 24.9. The van der Waals surface area contributed by atoms with Gasteiger partial charge < -0.3 is 4.74 Å². The molecule has 2 heteroatoms. The monoisotopic (exact) mass is 284 g/mol. The Labute approximate surface area is 127 Å². The van der Waals surface area contributed by atoms with Crippen molar-refractivity contribution in [3.63, 3.8) is 0 Å². The Hall–Kier alpha value is -1.57. The van der Waals surface area contributed by atoms with Gasteiger partial charge in [-0.3, -0.25) is 4.79 Å². The van der Waals surface area contributed by atoms with E-state index in [1.807, 2.05) is 31.2 Å². The van der Waals surface area contributed by atoms with Crippen molar-refractivity contribution in [1.29, 1.82) is 0 Å². The van der Waals surface area contributed by atoms with Crippen molar-refractivity contribution in [1.82, 2.24) is 0 Å². The lowest BCUT2D eigenvalue weighted by Crippen LogP contribution is -2.16. The van der Waals surface area contributed by atoms with Crippen molar-refractivity contribution < 1.29 is 9.53 Å². The van der Waals surface area contributed by atoms with E-state index in [9.17, 15) is 4.79 Å². The van der Waals surface area contributed by atoms with E-state index in [4.69, 9.17) is 4.74 Å². The summed E-state index contributed by atoms with van der Waals surface area (Å²) in [6.45, 7) is 2.64. The Kier molecular flexibility index (Phi) is 4.42. The van der Waals surface area contributed by atoms with Crippen molar-refractivity contribution in [2.75, 3.05) is 6.61 Å². The summed E-state index contributed by atoms with van der Waals surface area (Å²) in [5.74, 6) is 2.21. The van der Waals surface area contributed by atoms with Crippen LogP contribution in [0.15, 0.2) is 29.8 Å². The lowest BCUT2D eigenvalue weighted by molar-refractivity contribution is -0.119. The molecule has 2 aliphatic carbocycles. The Bertz CT molecular complexity index is 538. The van der Waals surface area contributed by atoms with E-state index in [0.717, 1.165) is 29.7 Å². The van der Waals surface area contributed by atoms with Crippen LogP contribution in [0.2, 0.25) is 0 Å². The fraction of sp³-hybridized carbons (Fsp3) is 0.526. The zero-order chi connectivity index (χ0) is 14.7. The van der Waals surface area contributed by atoms with Crippen LogP contribution in [0.3, 0.4) is 0 Å². The van der Waals surface area contributed by atoms with Crippen LogP contribution in [0.25, 0.3) is 6.08 Å². The standard InChI is InChI=1S/C19H24O2/c1-2-21-18-10-6-5-9-15(18)13-16-11-12-17(19(16)20)14-7-3-4-8-14/h5-6,9-10,13-14,17H,2-4,7-8,11-12H2,1H3/b16-13+/t17-/m1/s1. The van der Waals surface area contributed by atoms with E-state index in [1.54, 1.807) is 0 Å². The second kappa shape index (κ2) is 6.46. The Morgan fingerprint density at radius 2 is 1.95 bits per heavy atom. The van der Waals surface area contributed by atoms with Gasteiger partial charge in [-0.2, -0.15) is 0 Å². The number of ether oxygens (including phenoxy) is 1. The molecule has 0 amide bonds. The van der Waals surface area contributed by atoms with Crippen LogP contribution in [-0.4, -0.2) is 12.4 Å². The van der Waals surface area contributed by atoms with Crippen molar-refractivity contribution >= 4 is 11.9 Å². The average Bonchev–Trinajstić information content (AvgIpc) is 3.12. The summed E-state index contributed by atoms with van der Waals surface area (Å²) in [4.78, 5) is 12.7. The van der Waals surface area contributed by atoms with Crippen LogP contribution < -0.4 is 4.74 Å². The van der Waals surface area contributed by atoms with E-state index in [-0.39, 0.29) is 5.92 Å². The molecule has 0 heterocycles. The molecule has 0 saturated heterocycles. The highest BCUT2D eigenvalue weighted by Crippen LogP contribution is 2.41. The quantitative estimate of drug-likeness (QED) is 0.753. The second-order valence-corrected chi connectivity index (χ2v) is 6.19. The molecule has 1 atom stereocenters. The summed E-state index contributed by atoms with van der Waals surface area (Å²) in [6, 6.07) is 7.99. The van der Waals surface area contributed by atoms with Gasteiger partial charge in [-0.05, 0) is 56.2 Å². The molecule has 0 aliphatic heterocycles. The first-order chi connectivity index (χ1) is 10.3. The molecule has 0 N–H and O–H groups in total. The van der Waals surface area contributed by atoms with Gasteiger partial charge in [0.2, 0.25) is 0 Å². The van der Waals surface area contributed by atoms with Gasteiger partial charge in [0.1, 0.15) is 5.75 Å². The minimum atomic E-state index is 0.290. The SMILES string of the molecule is CCOc1ccccc1/C=C1\CC[C@H](C2CCCC2)C1=O. The highest BCUT2D eigenvalue weighted by molar-refractivity contribution is 6.03. The Morgan fingerprint density at radius 3 is 2.71 bits per heavy atom. The van der Waals surface area contributed by atoms with Crippen molar-refractivity contribution in [2.45, 2.75) is 45.4 Å². The summed E-state index contributed by atoms with van der Waals surface area (Å²) in [5.41, 5.74) is 2.04. The second-order valence-electron chi connectivity index (χ2n) is 6.19. The number of hydrogen-bond donors (Lipinski definition) is 0. The molecule has 21 heavy (non-hydrogen) atoms. The largest absolute Gasteiger partial charge is 0.493 e. The maximum Gasteiger partial charge on any atom is 0.162 e. The Morgan fingerprint density at radius 1 is 1.19 bits per heavy atom. The molecule has 2 nitrogen and oxygen atoms in total. The number of para-hydroxylation sites is 1. The van der Waals surface area contributed by atoms with Gasteiger partial charge in [-0.25, -0.2) is 0 Å². The number of hydrogen-bond acceptors (Lipinski definition) is 2. The number of carbonyl (C=O) groups is 1. The zero-order valence-electron chi connectivity index (χ0n) is 12.8. The van der Waals surface area contributed by atoms with Crippen molar-refractivity contribution in [2.24, 2.45) is 11.8 Å². The van der Waals surface area contributed by atoms with Gasteiger partial charge in [0, 0.05) is 11.5 Å². The summed E-state index contributed by atoms with van der Waals surface area (Å²) >= 11 is 0. The zero-order valence-corrected chi connectivity index (χ0v) is 12.8. The van der Waals surface area contributed by atoms with Crippen LogP contribution in [-0.2, 0) is 4.79 Å². The number of rotatable bonds is 4. The van der Waals surface area contributed by atoms with Crippen LogP contribution in [0.4, 0.5) is 0 Å². The highest BCUT2D eigenvalue weighted by atomic mass is 16.5. The van der Waals surface area contributed by atoms with E-state index in [0.29, 0.717) is 18.3 Å². The molecule has 2 aliphatic rings. The third-order valence-corrected chi connectivity index (χ3v) is 4.90. The molecule has 0 unspecified atom stereocenters. The molecular weight excluding hydrogens is 260 g/mol. The number of allylic oxidation sites excluding steroid dienone is 1. The average molecular weight is 284 g/mol. The fourth-order valence-electron chi connectivity index (χ4n) is 3.83. The molecule has 2 saturated carbocycles. The van der Waals surface area contributed by atoms with E-state index in [1.165, 1.54) is 25.7 Å². The predicted octanol–water partition coefficient (Wildman–Crippen LogP) is 4.64. The minimum Gasteiger partial charge on any atom is -0.493 e. The van der Waals surface area contributed by atoms with Crippen molar-refractivity contribution in [3.8, 4) is 5.75 Å². The van der Waals surface area contributed by atoms with Gasteiger partial charge in [-0.1, -0.05) is 31.0 Å². The first kappa shape index (κ1) is 14.4. The molecule has 112 valence electrons. The lowest BCUT2D eigenvalue weighted by Gasteiger charge is -2.15. The summed E-state index contributed by atoms with van der Waals surface area (Å²) in [5, 5.41) is 0. The number of ketones is 1. The van der Waals surface area contributed by atoms with Gasteiger partial charge in [0.25, 0.3) is 0 Å². The molecule has 1 aromatic rings. The van der Waals surface area contributed by atoms with Crippen LogP contribution in [0.5, 0.6) is 5.75 Å². The third kappa shape index (κ3) is 3.04. The minimum absolute atomic E-state index is 0.290. The van der Waals surface area contributed by atoms with Crippen LogP contribution in [0, 0.1) is 11.8 Å². The molecule has 0 aromatic heterocycles. The molecule has 1 aromatic carbocycles. The van der Waals surface area contributed by atoms with Gasteiger partial charge >= 0.3 is 0 Å². The summed E-state index contributed by atoms with van der Waals surface area (Å²) < 4.78 is 5.65. The molecule has 0 spiro atoms. The smallest absolute Gasteiger partial charge is 0.162 e. The third-order valence-electron chi connectivity index (χ3n) is 4.90. The number of Topliss-reactive ketones (excluding diaryl/α,β-unsaturated/α-hetero) is 1.